The molecule has 14 heteroatoms. The molecule has 0 N–H and O–H groups in total. The average molecular weight is 853 g/mol. The Morgan fingerprint density at radius 1 is 0.672 bits per heavy atom. The molecule has 0 heterocycles. The Bertz CT molecular complexity index is 1770. The lowest BCUT2D eigenvalue weighted by molar-refractivity contribution is -0.170. The summed E-state index contributed by atoms with van der Waals surface area (Å²) in [7, 11) is 2.02. The summed E-state index contributed by atoms with van der Waals surface area (Å²) in [5.41, 5.74) is 3.61. The van der Waals surface area contributed by atoms with E-state index >= 15 is 4.39 Å². The van der Waals surface area contributed by atoms with Crippen LogP contribution >= 0.6 is 0 Å². The topological polar surface area (TPSA) is 167 Å². The van der Waals surface area contributed by atoms with Crippen molar-refractivity contribution in [2.24, 2.45) is 11.8 Å². The Kier molecular flexibility index (Phi) is 21.2. The Balaban J connectivity index is 2.01. The first-order chi connectivity index (χ1) is 29.2. The summed E-state index contributed by atoms with van der Waals surface area (Å²) in [5, 5.41) is 0. The molecule has 13 nitrogen and oxygen atoms in total. The summed E-state index contributed by atoms with van der Waals surface area (Å²) in [5.74, 6) is -6.12. The van der Waals surface area contributed by atoms with Crippen molar-refractivity contribution in [3.8, 4) is 16.9 Å². The lowest BCUT2D eigenvalue weighted by Gasteiger charge is -2.29. The quantitative estimate of drug-likeness (QED) is 0.0349. The molecule has 1 fully saturated rings. The molecule has 3 rings (SSSR count). The molecular weight excluding hydrogens is 792 g/mol. The standard InChI is InChI=1S/C47H61FO13/c1-8-9-10-13-32-16-18-34(19-17-32)35-20-21-39(40(48)26-35)38-24-36(14-11-22-57-42(49)30(2)3)41(37(25-38)15-12-23-58-43(50)31(4)5)59-27-33(28-60-46(53)44(51)55-6)29-61-47(54)45(52)56-7/h20-21,24-26,32-34H,2,4,8-19,22-23,27-29H2,1,3,5-7H3. The number of carbonyl (C=O) groups excluding carboxylic acids is 6. The molecule has 2 aromatic rings. The number of ether oxygens (including phenoxy) is 7. The average Bonchev–Trinajstić information content (AvgIpc) is 3.25. The maximum absolute atomic E-state index is 16.3. The molecule has 334 valence electrons. The molecule has 2 aromatic carbocycles. The molecule has 0 bridgehead atoms. The molecule has 0 unspecified atom stereocenters. The third kappa shape index (κ3) is 16.5. The molecule has 0 atom stereocenters. The van der Waals surface area contributed by atoms with Gasteiger partial charge < -0.3 is 33.2 Å². The molecule has 0 amide bonds. The van der Waals surface area contributed by atoms with Crippen molar-refractivity contribution in [2.75, 3.05) is 47.3 Å². The van der Waals surface area contributed by atoms with Crippen LogP contribution in [-0.4, -0.2) is 83.1 Å². The predicted octanol–water partition coefficient (Wildman–Crippen LogP) is 7.88. The minimum Gasteiger partial charge on any atom is -0.492 e. The third-order valence-electron chi connectivity index (χ3n) is 10.5. The van der Waals surface area contributed by atoms with E-state index in [4.69, 9.17) is 23.7 Å². The number of hydrogen-bond acceptors (Lipinski definition) is 13. The summed E-state index contributed by atoms with van der Waals surface area (Å²) in [6.07, 6.45) is 10.5. The van der Waals surface area contributed by atoms with E-state index in [9.17, 15) is 28.8 Å². The molecule has 0 spiro atoms. The lowest BCUT2D eigenvalue weighted by Crippen LogP contribution is -2.30. The maximum Gasteiger partial charge on any atom is 0.417 e. The first-order valence-corrected chi connectivity index (χ1v) is 20.9. The normalized spacial score (nSPS) is 14.7. The van der Waals surface area contributed by atoms with Gasteiger partial charge in [0.25, 0.3) is 0 Å². The van der Waals surface area contributed by atoms with Crippen LogP contribution in [0.15, 0.2) is 54.6 Å². The van der Waals surface area contributed by atoms with Crippen LogP contribution in [0.25, 0.3) is 11.1 Å². The summed E-state index contributed by atoms with van der Waals surface area (Å²) in [4.78, 5) is 72.1. The molecule has 1 aliphatic carbocycles. The minimum absolute atomic E-state index is 0.0427. The number of halogens is 1. The predicted molar refractivity (Wildman–Crippen MR) is 224 cm³/mol. The van der Waals surface area contributed by atoms with E-state index in [1.807, 2.05) is 6.07 Å². The monoisotopic (exact) mass is 852 g/mol. The molecule has 1 aliphatic rings. The number of hydrogen-bond donors (Lipinski definition) is 0. The van der Waals surface area contributed by atoms with Gasteiger partial charge in [0.05, 0.1) is 40.0 Å². The largest absolute Gasteiger partial charge is 0.492 e. The van der Waals surface area contributed by atoms with Gasteiger partial charge in [-0.05, 0) is 118 Å². The highest BCUT2D eigenvalue weighted by molar-refractivity contribution is 6.30. The Morgan fingerprint density at radius 2 is 1.20 bits per heavy atom. The van der Waals surface area contributed by atoms with Gasteiger partial charge in [0.1, 0.15) is 24.8 Å². The molecule has 1 saturated carbocycles. The molecule has 0 aromatic heterocycles. The van der Waals surface area contributed by atoms with Crippen LogP contribution in [0.2, 0.25) is 0 Å². The fourth-order valence-corrected chi connectivity index (χ4v) is 7.07. The maximum atomic E-state index is 16.3. The molecule has 0 radical (unpaired) electrons. The van der Waals surface area contributed by atoms with E-state index in [-0.39, 0.29) is 42.7 Å². The smallest absolute Gasteiger partial charge is 0.417 e. The number of rotatable bonds is 23. The number of benzene rings is 2. The van der Waals surface area contributed by atoms with Crippen molar-refractivity contribution in [2.45, 2.75) is 104 Å². The van der Waals surface area contributed by atoms with E-state index in [1.54, 1.807) is 38.1 Å². The van der Waals surface area contributed by atoms with Gasteiger partial charge in [-0.1, -0.05) is 57.9 Å². The van der Waals surface area contributed by atoms with E-state index < -0.39 is 54.9 Å². The Morgan fingerprint density at radius 3 is 1.66 bits per heavy atom. The van der Waals surface area contributed by atoms with Crippen LogP contribution in [0.3, 0.4) is 0 Å². The zero-order chi connectivity index (χ0) is 44.9. The second kappa shape index (κ2) is 25.9. The first-order valence-electron chi connectivity index (χ1n) is 20.9. The fourth-order valence-electron chi connectivity index (χ4n) is 7.07. The van der Waals surface area contributed by atoms with E-state index in [0.717, 1.165) is 51.4 Å². The number of unbranched alkanes of at least 4 members (excludes halogenated alkanes) is 2. The SMILES string of the molecule is C=C(C)C(=O)OCCCc1cc(-c2ccc(C3CCC(CCCCC)CC3)cc2F)cc(CCCOC(=O)C(=C)C)c1OCC(COC(=O)C(=O)OC)COC(=O)C(=O)OC. The van der Waals surface area contributed by atoms with Crippen molar-refractivity contribution in [1.29, 1.82) is 0 Å². The van der Waals surface area contributed by atoms with Crippen molar-refractivity contribution >= 4 is 35.8 Å². The second-order valence-corrected chi connectivity index (χ2v) is 15.5. The number of carbonyl (C=O) groups is 6. The zero-order valence-electron chi connectivity index (χ0n) is 36.2. The van der Waals surface area contributed by atoms with Crippen molar-refractivity contribution in [3.05, 3.63) is 77.1 Å². The van der Waals surface area contributed by atoms with Gasteiger partial charge in [0.15, 0.2) is 0 Å². The lowest BCUT2D eigenvalue weighted by atomic mass is 9.77. The molecule has 61 heavy (non-hydrogen) atoms. The van der Waals surface area contributed by atoms with Crippen LogP contribution in [-0.2, 0) is 70.0 Å². The highest BCUT2D eigenvalue weighted by Gasteiger charge is 2.26. The summed E-state index contributed by atoms with van der Waals surface area (Å²) >= 11 is 0. The van der Waals surface area contributed by atoms with E-state index in [0.29, 0.717) is 53.7 Å². The minimum atomic E-state index is -1.30. The second-order valence-electron chi connectivity index (χ2n) is 15.5. The first kappa shape index (κ1) is 49.8. The van der Waals surface area contributed by atoms with Crippen molar-refractivity contribution in [3.63, 3.8) is 0 Å². The van der Waals surface area contributed by atoms with Crippen LogP contribution in [0.1, 0.15) is 108 Å². The zero-order valence-corrected chi connectivity index (χ0v) is 36.2. The van der Waals surface area contributed by atoms with Crippen LogP contribution in [0.5, 0.6) is 5.75 Å². The van der Waals surface area contributed by atoms with E-state index in [1.165, 1.54) is 25.7 Å². The summed E-state index contributed by atoms with van der Waals surface area (Å²) in [6.45, 7) is 11.4. The number of aryl methyl sites for hydroxylation is 2. The summed E-state index contributed by atoms with van der Waals surface area (Å²) in [6, 6.07) is 9.01. The van der Waals surface area contributed by atoms with Gasteiger partial charge in [-0.3, -0.25) is 0 Å². The third-order valence-corrected chi connectivity index (χ3v) is 10.5. The molecule has 0 aliphatic heterocycles. The number of methoxy groups -OCH3 is 2. The van der Waals surface area contributed by atoms with Gasteiger partial charge >= 0.3 is 35.8 Å². The van der Waals surface area contributed by atoms with Crippen LogP contribution in [0.4, 0.5) is 4.39 Å². The van der Waals surface area contributed by atoms with Gasteiger partial charge in [-0.2, -0.15) is 0 Å². The van der Waals surface area contributed by atoms with Crippen LogP contribution in [0, 0.1) is 17.7 Å². The Labute approximate surface area is 358 Å². The van der Waals surface area contributed by atoms with Crippen molar-refractivity contribution < 1.29 is 66.3 Å². The molecule has 0 saturated heterocycles. The Hall–Kier alpha value is -5.53. The van der Waals surface area contributed by atoms with Crippen molar-refractivity contribution in [1.82, 2.24) is 0 Å². The van der Waals surface area contributed by atoms with Gasteiger partial charge in [-0.25, -0.2) is 33.2 Å². The van der Waals surface area contributed by atoms with Crippen LogP contribution < -0.4 is 4.74 Å². The van der Waals surface area contributed by atoms with E-state index in [2.05, 4.69) is 29.6 Å². The highest BCUT2D eigenvalue weighted by Crippen LogP contribution is 2.40. The highest BCUT2D eigenvalue weighted by atomic mass is 19.1. The van der Waals surface area contributed by atoms with Gasteiger partial charge in [-0.15, -0.1) is 0 Å². The van der Waals surface area contributed by atoms with Gasteiger partial charge in [0.2, 0.25) is 0 Å². The van der Waals surface area contributed by atoms with Gasteiger partial charge in [0, 0.05) is 16.7 Å². The fraction of sp³-hybridized carbons (Fsp3) is 0.532. The number of esters is 6. The summed E-state index contributed by atoms with van der Waals surface area (Å²) < 4.78 is 52.4. The molecular formula is C47H61FO13.